The summed E-state index contributed by atoms with van der Waals surface area (Å²) in [7, 11) is 1.61. The average Bonchev–Trinajstić information content (AvgIpc) is 2.51. The Kier molecular flexibility index (Phi) is 5.55. The van der Waals surface area contributed by atoms with Crippen LogP contribution >= 0.6 is 0 Å². The van der Waals surface area contributed by atoms with Crippen LogP contribution in [0.25, 0.3) is 0 Å². The number of aromatic nitrogens is 2. The zero-order valence-corrected chi connectivity index (χ0v) is 12.8. The molecule has 1 aromatic carbocycles. The number of H-pyrrole nitrogens is 1. The Morgan fingerprint density at radius 1 is 1.18 bits per heavy atom. The highest BCUT2D eigenvalue weighted by Crippen LogP contribution is 2.17. The monoisotopic (exact) mass is 304 g/mol. The van der Waals surface area contributed by atoms with E-state index in [0.717, 1.165) is 11.5 Å². The van der Waals surface area contributed by atoms with Crippen LogP contribution in [0.5, 0.6) is 11.5 Å². The summed E-state index contributed by atoms with van der Waals surface area (Å²) >= 11 is 0. The molecule has 22 heavy (non-hydrogen) atoms. The molecule has 2 aromatic rings. The summed E-state index contributed by atoms with van der Waals surface area (Å²) in [6.45, 7) is 2.12. The summed E-state index contributed by atoms with van der Waals surface area (Å²) in [5, 5.41) is 8.93. The molecule has 118 valence electrons. The van der Waals surface area contributed by atoms with Crippen molar-refractivity contribution in [3.05, 3.63) is 51.7 Å². The van der Waals surface area contributed by atoms with Gasteiger partial charge in [-0.05, 0) is 31.2 Å². The lowest BCUT2D eigenvalue weighted by atomic mass is 10.2. The molecule has 2 rings (SSSR count). The third-order valence-electron chi connectivity index (χ3n) is 3.30. The van der Waals surface area contributed by atoms with Crippen molar-refractivity contribution in [3.8, 4) is 11.5 Å². The van der Waals surface area contributed by atoms with Crippen LogP contribution < -0.4 is 15.0 Å². The summed E-state index contributed by atoms with van der Waals surface area (Å²) in [6, 6.07) is 7.29. The standard InChI is InChI=1S/C16H20N2O4/c1-11-14(7-9-19)16(20)18-15(17-11)8-10-22-13-5-3-12(21-2)4-6-13/h3-6,19H,7-10H2,1-2H3,(H,17,18,20). The van der Waals surface area contributed by atoms with Crippen LogP contribution in [0.2, 0.25) is 0 Å². The summed E-state index contributed by atoms with van der Waals surface area (Å²) in [5.74, 6) is 2.09. The molecule has 0 aliphatic rings. The van der Waals surface area contributed by atoms with E-state index in [1.54, 1.807) is 14.0 Å². The molecular formula is C16H20N2O4. The van der Waals surface area contributed by atoms with Crippen LogP contribution in [-0.2, 0) is 12.8 Å². The first kappa shape index (κ1) is 16.0. The Morgan fingerprint density at radius 3 is 2.45 bits per heavy atom. The van der Waals surface area contributed by atoms with Crippen molar-refractivity contribution in [2.45, 2.75) is 19.8 Å². The number of aryl methyl sites for hydroxylation is 1. The van der Waals surface area contributed by atoms with Gasteiger partial charge in [-0.3, -0.25) is 4.79 Å². The summed E-state index contributed by atoms with van der Waals surface area (Å²) in [5.41, 5.74) is 0.987. The van der Waals surface area contributed by atoms with Gasteiger partial charge in [0.05, 0.1) is 13.7 Å². The number of aromatic amines is 1. The predicted octanol–water partition coefficient (Wildman–Crippen LogP) is 1.24. The molecule has 0 radical (unpaired) electrons. The number of hydrogen-bond donors (Lipinski definition) is 2. The fourth-order valence-electron chi connectivity index (χ4n) is 2.13. The minimum absolute atomic E-state index is 0.0640. The van der Waals surface area contributed by atoms with Gasteiger partial charge in [0.15, 0.2) is 0 Å². The van der Waals surface area contributed by atoms with Crippen molar-refractivity contribution in [1.29, 1.82) is 0 Å². The molecule has 6 heteroatoms. The SMILES string of the molecule is COc1ccc(OCCc2nc(C)c(CCO)c(=O)[nH]2)cc1. The van der Waals surface area contributed by atoms with Crippen molar-refractivity contribution in [2.75, 3.05) is 20.3 Å². The maximum absolute atomic E-state index is 11.9. The lowest BCUT2D eigenvalue weighted by Gasteiger charge is -2.08. The molecule has 6 nitrogen and oxygen atoms in total. The lowest BCUT2D eigenvalue weighted by molar-refractivity contribution is 0.298. The molecule has 0 aliphatic carbocycles. The molecule has 0 fully saturated rings. The molecule has 0 saturated carbocycles. The van der Waals surface area contributed by atoms with Crippen molar-refractivity contribution in [3.63, 3.8) is 0 Å². The van der Waals surface area contributed by atoms with Crippen LogP contribution in [0.4, 0.5) is 0 Å². The normalized spacial score (nSPS) is 10.5. The van der Waals surface area contributed by atoms with Gasteiger partial charge in [-0.15, -0.1) is 0 Å². The molecule has 0 bridgehead atoms. The van der Waals surface area contributed by atoms with Gasteiger partial charge in [0.1, 0.15) is 17.3 Å². The van der Waals surface area contributed by atoms with E-state index in [0.29, 0.717) is 36.5 Å². The number of nitrogens with one attached hydrogen (secondary N) is 1. The molecule has 0 aliphatic heterocycles. The Labute approximate surface area is 128 Å². The van der Waals surface area contributed by atoms with Crippen LogP contribution in [0.15, 0.2) is 29.1 Å². The second-order valence-corrected chi connectivity index (χ2v) is 4.82. The van der Waals surface area contributed by atoms with E-state index in [1.165, 1.54) is 0 Å². The highest BCUT2D eigenvalue weighted by Gasteiger charge is 2.07. The number of methoxy groups -OCH3 is 1. The maximum Gasteiger partial charge on any atom is 0.254 e. The zero-order chi connectivity index (χ0) is 15.9. The number of aliphatic hydroxyl groups excluding tert-OH is 1. The second-order valence-electron chi connectivity index (χ2n) is 4.82. The van der Waals surface area contributed by atoms with Gasteiger partial charge in [0.25, 0.3) is 5.56 Å². The highest BCUT2D eigenvalue weighted by atomic mass is 16.5. The van der Waals surface area contributed by atoms with Gasteiger partial charge in [-0.2, -0.15) is 0 Å². The highest BCUT2D eigenvalue weighted by molar-refractivity contribution is 5.31. The fourth-order valence-corrected chi connectivity index (χ4v) is 2.13. The topological polar surface area (TPSA) is 84.4 Å². The van der Waals surface area contributed by atoms with Gasteiger partial charge < -0.3 is 19.6 Å². The Hall–Kier alpha value is -2.34. The number of aliphatic hydroxyl groups is 1. The fraction of sp³-hybridized carbons (Fsp3) is 0.375. The summed E-state index contributed by atoms with van der Waals surface area (Å²) in [6.07, 6.45) is 0.818. The predicted molar refractivity (Wildman–Crippen MR) is 82.6 cm³/mol. The van der Waals surface area contributed by atoms with E-state index >= 15 is 0 Å². The van der Waals surface area contributed by atoms with Crippen LogP contribution in [0, 0.1) is 6.92 Å². The number of hydrogen-bond acceptors (Lipinski definition) is 5. The second kappa shape index (κ2) is 7.61. The van der Waals surface area contributed by atoms with Crippen LogP contribution in [0.3, 0.4) is 0 Å². The van der Waals surface area contributed by atoms with E-state index in [4.69, 9.17) is 14.6 Å². The van der Waals surface area contributed by atoms with E-state index in [9.17, 15) is 4.79 Å². The molecule has 1 heterocycles. The van der Waals surface area contributed by atoms with Gasteiger partial charge >= 0.3 is 0 Å². The van der Waals surface area contributed by atoms with E-state index in [-0.39, 0.29) is 12.2 Å². The van der Waals surface area contributed by atoms with Crippen molar-refractivity contribution in [2.24, 2.45) is 0 Å². The quantitative estimate of drug-likeness (QED) is 0.804. The Bertz CT molecular complexity index is 665. The van der Waals surface area contributed by atoms with Gasteiger partial charge in [-0.1, -0.05) is 0 Å². The third kappa shape index (κ3) is 4.08. The molecular weight excluding hydrogens is 284 g/mol. The summed E-state index contributed by atoms with van der Waals surface area (Å²) in [4.78, 5) is 19.0. The maximum atomic E-state index is 11.9. The first-order valence-electron chi connectivity index (χ1n) is 7.10. The molecule has 0 atom stereocenters. The largest absolute Gasteiger partial charge is 0.497 e. The molecule has 0 spiro atoms. The van der Waals surface area contributed by atoms with Gasteiger partial charge in [0.2, 0.25) is 0 Å². The van der Waals surface area contributed by atoms with E-state index in [2.05, 4.69) is 9.97 Å². The zero-order valence-electron chi connectivity index (χ0n) is 12.8. The minimum atomic E-state index is -0.194. The van der Waals surface area contributed by atoms with E-state index < -0.39 is 0 Å². The minimum Gasteiger partial charge on any atom is -0.497 e. The molecule has 0 unspecified atom stereocenters. The Balaban J connectivity index is 1.95. The number of benzene rings is 1. The van der Waals surface area contributed by atoms with Gasteiger partial charge in [0, 0.05) is 30.7 Å². The van der Waals surface area contributed by atoms with Crippen LogP contribution in [-0.4, -0.2) is 35.4 Å². The average molecular weight is 304 g/mol. The first-order chi connectivity index (χ1) is 10.6. The van der Waals surface area contributed by atoms with Crippen LogP contribution in [0.1, 0.15) is 17.1 Å². The molecule has 2 N–H and O–H groups in total. The number of rotatable bonds is 7. The number of nitrogens with zero attached hydrogens (tertiary/aromatic N) is 1. The number of ether oxygens (including phenoxy) is 2. The lowest BCUT2D eigenvalue weighted by Crippen LogP contribution is -2.21. The first-order valence-corrected chi connectivity index (χ1v) is 7.10. The van der Waals surface area contributed by atoms with Crippen molar-refractivity contribution in [1.82, 2.24) is 9.97 Å². The molecule has 1 aromatic heterocycles. The third-order valence-corrected chi connectivity index (χ3v) is 3.30. The van der Waals surface area contributed by atoms with Crippen molar-refractivity contribution >= 4 is 0 Å². The van der Waals surface area contributed by atoms with Gasteiger partial charge in [-0.25, -0.2) is 4.98 Å². The molecule has 0 amide bonds. The van der Waals surface area contributed by atoms with Crippen molar-refractivity contribution < 1.29 is 14.6 Å². The van der Waals surface area contributed by atoms with E-state index in [1.807, 2.05) is 24.3 Å². The Morgan fingerprint density at radius 2 is 1.86 bits per heavy atom. The molecule has 0 saturated heterocycles. The smallest absolute Gasteiger partial charge is 0.254 e. The summed E-state index contributed by atoms with van der Waals surface area (Å²) < 4.78 is 10.7.